The molecule has 0 aromatic carbocycles. The zero-order valence-corrected chi connectivity index (χ0v) is 8.59. The first-order valence-electron chi connectivity index (χ1n) is 4.71. The van der Waals surface area contributed by atoms with E-state index in [0.29, 0.717) is 18.7 Å². The summed E-state index contributed by atoms with van der Waals surface area (Å²) in [5.74, 6) is -0.466. The largest absolute Gasteiger partial charge is 0.396 e. The lowest BCUT2D eigenvalue weighted by Gasteiger charge is -2.00. The van der Waals surface area contributed by atoms with Crippen LogP contribution in [0.3, 0.4) is 0 Å². The molecule has 1 rings (SSSR count). The number of aryl methyl sites for hydroxylation is 1. The Balaban J connectivity index is 2.36. The molecule has 0 aliphatic rings. The van der Waals surface area contributed by atoms with Gasteiger partial charge in [0.1, 0.15) is 0 Å². The van der Waals surface area contributed by atoms with Gasteiger partial charge < -0.3 is 10.8 Å². The lowest BCUT2D eigenvalue weighted by molar-refractivity contribution is -0.120. The average molecular weight is 227 g/mol. The molecular weight excluding hydrogens is 214 g/mol. The number of rotatable bonds is 5. The molecule has 1 aromatic heterocycles. The summed E-state index contributed by atoms with van der Waals surface area (Å²) < 4.78 is 1.46. The number of nitrogens with one attached hydrogen (secondary N) is 1. The average Bonchev–Trinajstić information content (AvgIpc) is 2.62. The number of hydrogen-bond donors (Lipinski definition) is 3. The maximum absolute atomic E-state index is 11.0. The van der Waals surface area contributed by atoms with E-state index >= 15 is 0 Å². The van der Waals surface area contributed by atoms with E-state index in [1.165, 1.54) is 4.68 Å². The highest BCUT2D eigenvalue weighted by molar-refractivity contribution is 5.93. The molecule has 8 nitrogen and oxygen atoms in total. The molecular formula is C8H13N5O3. The van der Waals surface area contributed by atoms with Gasteiger partial charge in [-0.2, -0.15) is 0 Å². The highest BCUT2D eigenvalue weighted by Gasteiger charge is 2.05. The summed E-state index contributed by atoms with van der Waals surface area (Å²) in [6.07, 6.45) is 2.14. The summed E-state index contributed by atoms with van der Waals surface area (Å²) in [4.78, 5) is 21.4. The van der Waals surface area contributed by atoms with Gasteiger partial charge in [0.2, 0.25) is 5.91 Å². The molecule has 1 heterocycles. The van der Waals surface area contributed by atoms with Crippen LogP contribution in [0.15, 0.2) is 6.20 Å². The van der Waals surface area contributed by atoms with Gasteiger partial charge in [-0.25, -0.2) is 4.79 Å². The van der Waals surface area contributed by atoms with Crippen molar-refractivity contribution in [3.63, 3.8) is 0 Å². The normalized spacial score (nSPS) is 10.1. The van der Waals surface area contributed by atoms with E-state index in [0.717, 1.165) is 0 Å². The van der Waals surface area contributed by atoms with Crippen LogP contribution in [0.2, 0.25) is 0 Å². The molecule has 0 saturated heterocycles. The highest BCUT2D eigenvalue weighted by Crippen LogP contribution is 1.95. The first-order chi connectivity index (χ1) is 7.61. The third kappa shape index (κ3) is 4.05. The molecule has 4 N–H and O–H groups in total. The van der Waals surface area contributed by atoms with E-state index in [2.05, 4.69) is 10.3 Å². The zero-order chi connectivity index (χ0) is 12.0. The maximum Gasteiger partial charge on any atom is 0.318 e. The summed E-state index contributed by atoms with van der Waals surface area (Å²) in [7, 11) is 0. The van der Waals surface area contributed by atoms with Crippen molar-refractivity contribution >= 4 is 11.9 Å². The van der Waals surface area contributed by atoms with Crippen molar-refractivity contribution in [2.24, 2.45) is 5.73 Å². The first-order valence-corrected chi connectivity index (χ1v) is 4.71. The van der Waals surface area contributed by atoms with E-state index in [9.17, 15) is 9.59 Å². The number of nitrogens with two attached hydrogens (primary N) is 1. The Labute approximate surface area is 91.4 Å². The second-order valence-corrected chi connectivity index (χ2v) is 3.11. The summed E-state index contributed by atoms with van der Waals surface area (Å²) in [6, 6.07) is -0.871. The Morgan fingerprint density at radius 3 is 2.94 bits per heavy atom. The van der Waals surface area contributed by atoms with E-state index in [1.54, 1.807) is 6.20 Å². The minimum Gasteiger partial charge on any atom is -0.396 e. The molecule has 0 unspecified atom stereocenters. The quantitative estimate of drug-likeness (QED) is 0.558. The Morgan fingerprint density at radius 2 is 2.31 bits per heavy atom. The standard InChI is InChI=1S/C8H13N5O3/c9-8(16)10-7(15)1-3-13-5-6(2-4-14)11-12-13/h5,14H,1-4H2,(H3,9,10,15,16). The fourth-order valence-corrected chi connectivity index (χ4v) is 1.09. The lowest BCUT2D eigenvalue weighted by Crippen LogP contribution is -2.35. The van der Waals surface area contributed by atoms with E-state index in [4.69, 9.17) is 10.8 Å². The van der Waals surface area contributed by atoms with Crippen molar-refractivity contribution < 1.29 is 14.7 Å². The predicted molar refractivity (Wildman–Crippen MR) is 53.2 cm³/mol. The van der Waals surface area contributed by atoms with Crippen LogP contribution in [0, 0.1) is 0 Å². The van der Waals surface area contributed by atoms with Crippen molar-refractivity contribution in [2.75, 3.05) is 6.61 Å². The number of nitrogens with zero attached hydrogens (tertiary/aromatic N) is 3. The predicted octanol–water partition coefficient (Wildman–Crippen LogP) is -1.60. The van der Waals surface area contributed by atoms with Gasteiger partial charge in [0, 0.05) is 25.6 Å². The number of aliphatic hydroxyl groups excluding tert-OH is 1. The van der Waals surface area contributed by atoms with Gasteiger partial charge in [-0.15, -0.1) is 5.10 Å². The van der Waals surface area contributed by atoms with Crippen LogP contribution < -0.4 is 11.1 Å². The Kier molecular flexibility index (Phi) is 4.40. The smallest absolute Gasteiger partial charge is 0.318 e. The number of aromatic nitrogens is 3. The van der Waals surface area contributed by atoms with E-state index in [-0.39, 0.29) is 13.0 Å². The second kappa shape index (κ2) is 5.81. The number of carbonyl (C=O) groups excluding carboxylic acids is 2. The minimum absolute atomic E-state index is 0.000848. The molecule has 88 valence electrons. The third-order valence-electron chi connectivity index (χ3n) is 1.78. The third-order valence-corrected chi connectivity index (χ3v) is 1.78. The summed E-state index contributed by atoms with van der Waals surface area (Å²) in [6.45, 7) is 0.304. The second-order valence-electron chi connectivity index (χ2n) is 3.11. The zero-order valence-electron chi connectivity index (χ0n) is 8.59. The number of carbonyl (C=O) groups is 2. The monoisotopic (exact) mass is 227 g/mol. The fourth-order valence-electron chi connectivity index (χ4n) is 1.09. The molecule has 1 aromatic rings. The number of primary amides is 1. The molecule has 0 fully saturated rings. The number of urea groups is 1. The summed E-state index contributed by atoms with van der Waals surface area (Å²) >= 11 is 0. The molecule has 0 aliphatic heterocycles. The summed E-state index contributed by atoms with van der Waals surface area (Å²) in [5.41, 5.74) is 5.42. The molecule has 0 radical (unpaired) electrons. The molecule has 0 atom stereocenters. The van der Waals surface area contributed by atoms with Crippen molar-refractivity contribution in [2.45, 2.75) is 19.4 Å². The Hall–Kier alpha value is -1.96. The number of amides is 3. The van der Waals surface area contributed by atoms with E-state index in [1.807, 2.05) is 5.32 Å². The highest BCUT2D eigenvalue weighted by atomic mass is 16.3. The fraction of sp³-hybridized carbons (Fsp3) is 0.500. The molecule has 3 amide bonds. The maximum atomic E-state index is 11.0. The van der Waals surface area contributed by atoms with Gasteiger partial charge >= 0.3 is 6.03 Å². The van der Waals surface area contributed by atoms with Crippen LogP contribution >= 0.6 is 0 Å². The van der Waals surface area contributed by atoms with Crippen molar-refractivity contribution in [3.8, 4) is 0 Å². The van der Waals surface area contributed by atoms with Crippen molar-refractivity contribution in [1.82, 2.24) is 20.3 Å². The molecule has 8 heteroatoms. The van der Waals surface area contributed by atoms with Crippen molar-refractivity contribution in [3.05, 3.63) is 11.9 Å². The molecule has 0 bridgehead atoms. The molecule has 16 heavy (non-hydrogen) atoms. The van der Waals surface area contributed by atoms with Crippen LogP contribution in [-0.2, 0) is 17.8 Å². The van der Waals surface area contributed by atoms with Crippen LogP contribution in [0.4, 0.5) is 4.79 Å². The minimum atomic E-state index is -0.871. The topological polar surface area (TPSA) is 123 Å². The van der Waals surface area contributed by atoms with Gasteiger partial charge in [-0.05, 0) is 0 Å². The number of hydrogen-bond acceptors (Lipinski definition) is 5. The Bertz CT molecular complexity index is 376. The van der Waals surface area contributed by atoms with Crippen LogP contribution in [0.25, 0.3) is 0 Å². The SMILES string of the molecule is NC(=O)NC(=O)CCn1cc(CCO)nn1. The van der Waals surface area contributed by atoms with Gasteiger partial charge in [0.15, 0.2) is 0 Å². The van der Waals surface area contributed by atoms with E-state index < -0.39 is 11.9 Å². The van der Waals surface area contributed by atoms with Crippen LogP contribution in [-0.4, -0.2) is 38.6 Å². The van der Waals surface area contributed by atoms with Gasteiger partial charge in [0.25, 0.3) is 0 Å². The molecule has 0 saturated carbocycles. The molecule has 0 aliphatic carbocycles. The number of imide groups is 1. The summed E-state index contributed by atoms with van der Waals surface area (Å²) in [5, 5.41) is 18.1. The first kappa shape index (κ1) is 12.1. The molecule has 0 spiro atoms. The Morgan fingerprint density at radius 1 is 1.56 bits per heavy atom. The van der Waals surface area contributed by atoms with Gasteiger partial charge in [-0.1, -0.05) is 5.21 Å². The van der Waals surface area contributed by atoms with Gasteiger partial charge in [0.05, 0.1) is 12.2 Å². The van der Waals surface area contributed by atoms with Crippen LogP contribution in [0.5, 0.6) is 0 Å². The van der Waals surface area contributed by atoms with Crippen molar-refractivity contribution in [1.29, 1.82) is 0 Å². The lowest BCUT2D eigenvalue weighted by atomic mass is 10.3. The number of aliphatic hydroxyl groups is 1. The van der Waals surface area contributed by atoms with Crippen LogP contribution in [0.1, 0.15) is 12.1 Å². The van der Waals surface area contributed by atoms with Gasteiger partial charge in [-0.3, -0.25) is 14.8 Å².